The van der Waals surface area contributed by atoms with E-state index in [4.69, 9.17) is 4.74 Å². The highest BCUT2D eigenvalue weighted by molar-refractivity contribution is 5.94. The Hall–Kier alpha value is -2.33. The number of aliphatic hydroxyl groups is 1. The molecule has 2 N–H and O–H groups in total. The van der Waals surface area contributed by atoms with Crippen LogP contribution in [0.15, 0.2) is 42.5 Å². The molecule has 1 amide bonds. The largest absolute Gasteiger partial charge is 0.497 e. The van der Waals surface area contributed by atoms with Gasteiger partial charge in [-0.05, 0) is 50.6 Å². The number of benzene rings is 2. The third-order valence-electron chi connectivity index (χ3n) is 3.86. The van der Waals surface area contributed by atoms with Crippen molar-refractivity contribution in [1.29, 1.82) is 0 Å². The lowest BCUT2D eigenvalue weighted by Crippen LogP contribution is -2.42. The molecule has 0 aliphatic carbocycles. The van der Waals surface area contributed by atoms with Crippen LogP contribution in [-0.2, 0) is 6.42 Å². The Morgan fingerprint density at radius 2 is 1.71 bits per heavy atom. The molecule has 2 rings (SSSR count). The first-order valence-corrected chi connectivity index (χ1v) is 8.01. The summed E-state index contributed by atoms with van der Waals surface area (Å²) in [6, 6.07) is 13.3. The molecule has 0 spiro atoms. The number of ether oxygens (including phenoxy) is 1. The molecule has 0 bridgehead atoms. The molecule has 128 valence electrons. The molecule has 0 radical (unpaired) electrons. The van der Waals surface area contributed by atoms with E-state index in [0.717, 1.165) is 22.4 Å². The zero-order valence-corrected chi connectivity index (χ0v) is 14.7. The Morgan fingerprint density at radius 3 is 2.25 bits per heavy atom. The molecule has 4 nitrogen and oxygen atoms in total. The van der Waals surface area contributed by atoms with Crippen LogP contribution >= 0.6 is 0 Å². The van der Waals surface area contributed by atoms with Crippen molar-refractivity contribution in [2.24, 2.45) is 0 Å². The topological polar surface area (TPSA) is 58.6 Å². The van der Waals surface area contributed by atoms with Crippen LogP contribution in [0.2, 0.25) is 0 Å². The Kier molecular flexibility index (Phi) is 5.62. The van der Waals surface area contributed by atoms with Gasteiger partial charge in [0.05, 0.1) is 12.7 Å². The Balaban J connectivity index is 1.96. The smallest absolute Gasteiger partial charge is 0.251 e. The van der Waals surface area contributed by atoms with E-state index in [0.29, 0.717) is 12.0 Å². The quantitative estimate of drug-likeness (QED) is 0.857. The number of hydrogen-bond acceptors (Lipinski definition) is 3. The predicted molar refractivity (Wildman–Crippen MR) is 95.6 cm³/mol. The standard InChI is InChI=1S/C20H25NO3/c1-14-9-15(2)11-17(10-14)19(22)21-13-20(3,23)12-16-5-7-18(24-4)8-6-16/h5-11,23H,12-13H2,1-4H3,(H,21,22). The van der Waals surface area contributed by atoms with Crippen molar-refractivity contribution in [2.45, 2.75) is 32.8 Å². The average molecular weight is 327 g/mol. The number of nitrogens with one attached hydrogen (secondary N) is 1. The number of carbonyl (C=O) groups excluding carboxylic acids is 1. The van der Waals surface area contributed by atoms with Gasteiger partial charge in [0.1, 0.15) is 5.75 Å². The van der Waals surface area contributed by atoms with E-state index in [-0.39, 0.29) is 12.5 Å². The van der Waals surface area contributed by atoms with Gasteiger partial charge >= 0.3 is 0 Å². The first-order valence-electron chi connectivity index (χ1n) is 8.01. The highest BCUT2D eigenvalue weighted by atomic mass is 16.5. The maximum Gasteiger partial charge on any atom is 0.251 e. The van der Waals surface area contributed by atoms with E-state index in [1.165, 1.54) is 0 Å². The summed E-state index contributed by atoms with van der Waals surface area (Å²) < 4.78 is 5.13. The lowest BCUT2D eigenvalue weighted by atomic mass is 9.96. The molecule has 0 saturated heterocycles. The highest BCUT2D eigenvalue weighted by Gasteiger charge is 2.22. The van der Waals surface area contributed by atoms with E-state index in [2.05, 4.69) is 5.32 Å². The number of aryl methyl sites for hydroxylation is 2. The van der Waals surface area contributed by atoms with Gasteiger partial charge in [-0.25, -0.2) is 0 Å². The summed E-state index contributed by atoms with van der Waals surface area (Å²) in [6.45, 7) is 5.83. The Labute approximate surface area is 143 Å². The number of hydrogen-bond donors (Lipinski definition) is 2. The van der Waals surface area contributed by atoms with Gasteiger partial charge in [0.2, 0.25) is 0 Å². The van der Waals surface area contributed by atoms with Crippen LogP contribution in [0.4, 0.5) is 0 Å². The van der Waals surface area contributed by atoms with Crippen LogP contribution in [-0.4, -0.2) is 30.3 Å². The number of carbonyl (C=O) groups is 1. The summed E-state index contributed by atoms with van der Waals surface area (Å²) in [5.74, 6) is 0.610. The molecule has 24 heavy (non-hydrogen) atoms. The lowest BCUT2D eigenvalue weighted by molar-refractivity contribution is 0.0552. The number of rotatable bonds is 6. The predicted octanol–water partition coefficient (Wildman–Crippen LogP) is 3.04. The molecule has 0 fully saturated rings. The maximum absolute atomic E-state index is 12.3. The fraction of sp³-hybridized carbons (Fsp3) is 0.350. The first kappa shape index (κ1) is 18.0. The molecule has 0 aliphatic rings. The van der Waals surface area contributed by atoms with E-state index < -0.39 is 5.60 Å². The third kappa shape index (κ3) is 5.10. The Morgan fingerprint density at radius 1 is 1.12 bits per heavy atom. The summed E-state index contributed by atoms with van der Waals surface area (Å²) in [5.41, 5.74) is 2.67. The van der Waals surface area contributed by atoms with E-state index in [9.17, 15) is 9.90 Å². The molecule has 2 aromatic carbocycles. The van der Waals surface area contributed by atoms with Gasteiger partial charge in [-0.15, -0.1) is 0 Å². The molecule has 1 atom stereocenters. The van der Waals surface area contributed by atoms with Crippen molar-refractivity contribution in [3.8, 4) is 5.75 Å². The molecule has 2 aromatic rings. The summed E-state index contributed by atoms with van der Waals surface area (Å²) in [4.78, 5) is 12.3. The normalized spacial score (nSPS) is 13.2. The van der Waals surface area contributed by atoms with Crippen molar-refractivity contribution < 1.29 is 14.6 Å². The van der Waals surface area contributed by atoms with Crippen LogP contribution in [0.25, 0.3) is 0 Å². The van der Waals surface area contributed by atoms with E-state index in [1.807, 2.05) is 56.3 Å². The molecular formula is C20H25NO3. The zero-order valence-electron chi connectivity index (χ0n) is 14.7. The van der Waals surface area contributed by atoms with Crippen LogP contribution in [0.1, 0.15) is 34.0 Å². The first-order chi connectivity index (χ1) is 11.3. The van der Waals surface area contributed by atoms with Crippen molar-refractivity contribution in [2.75, 3.05) is 13.7 Å². The van der Waals surface area contributed by atoms with Gasteiger partial charge in [0.25, 0.3) is 5.91 Å². The van der Waals surface area contributed by atoms with E-state index in [1.54, 1.807) is 14.0 Å². The average Bonchev–Trinajstić information content (AvgIpc) is 2.52. The van der Waals surface area contributed by atoms with Crippen molar-refractivity contribution in [3.05, 3.63) is 64.7 Å². The van der Waals surface area contributed by atoms with Gasteiger partial charge in [0, 0.05) is 18.5 Å². The van der Waals surface area contributed by atoms with Gasteiger partial charge in [-0.3, -0.25) is 4.79 Å². The summed E-state index contributed by atoms with van der Waals surface area (Å²) in [7, 11) is 1.62. The summed E-state index contributed by atoms with van der Waals surface area (Å²) >= 11 is 0. The van der Waals surface area contributed by atoms with Crippen molar-refractivity contribution >= 4 is 5.91 Å². The summed E-state index contributed by atoms with van der Waals surface area (Å²) in [6.07, 6.45) is 0.449. The molecule has 0 heterocycles. The minimum atomic E-state index is -1.02. The molecule has 4 heteroatoms. The monoisotopic (exact) mass is 327 g/mol. The molecule has 1 unspecified atom stereocenters. The minimum Gasteiger partial charge on any atom is -0.497 e. The zero-order chi connectivity index (χ0) is 17.7. The van der Waals surface area contributed by atoms with Crippen LogP contribution in [0.5, 0.6) is 5.75 Å². The van der Waals surface area contributed by atoms with E-state index >= 15 is 0 Å². The van der Waals surface area contributed by atoms with Gasteiger partial charge < -0.3 is 15.2 Å². The van der Waals surface area contributed by atoms with Gasteiger partial charge in [-0.2, -0.15) is 0 Å². The van der Waals surface area contributed by atoms with Gasteiger partial charge in [-0.1, -0.05) is 29.3 Å². The molecule has 0 aliphatic heterocycles. The van der Waals surface area contributed by atoms with Crippen LogP contribution in [0, 0.1) is 13.8 Å². The second-order valence-electron chi connectivity index (χ2n) is 6.58. The Bertz CT molecular complexity index is 685. The second kappa shape index (κ2) is 7.49. The third-order valence-corrected chi connectivity index (χ3v) is 3.86. The maximum atomic E-state index is 12.3. The fourth-order valence-electron chi connectivity index (χ4n) is 2.72. The van der Waals surface area contributed by atoms with Crippen LogP contribution in [0.3, 0.4) is 0 Å². The SMILES string of the molecule is COc1ccc(CC(C)(O)CNC(=O)c2cc(C)cc(C)c2)cc1. The van der Waals surface area contributed by atoms with Crippen LogP contribution < -0.4 is 10.1 Å². The molecule has 0 saturated carbocycles. The number of amides is 1. The highest BCUT2D eigenvalue weighted by Crippen LogP contribution is 2.17. The molecule has 0 aromatic heterocycles. The van der Waals surface area contributed by atoms with Crippen molar-refractivity contribution in [1.82, 2.24) is 5.32 Å². The summed E-state index contributed by atoms with van der Waals surface area (Å²) in [5, 5.41) is 13.4. The minimum absolute atomic E-state index is 0.170. The lowest BCUT2D eigenvalue weighted by Gasteiger charge is -2.24. The van der Waals surface area contributed by atoms with Gasteiger partial charge in [0.15, 0.2) is 0 Å². The van der Waals surface area contributed by atoms with Crippen molar-refractivity contribution in [3.63, 3.8) is 0 Å². The molecular weight excluding hydrogens is 302 g/mol. The second-order valence-corrected chi connectivity index (χ2v) is 6.58. The fourth-order valence-corrected chi connectivity index (χ4v) is 2.72. The number of methoxy groups -OCH3 is 1.